The first-order chi connectivity index (χ1) is 15.2. The lowest BCUT2D eigenvalue weighted by atomic mass is 10.1. The molecule has 186 valence electrons. The summed E-state index contributed by atoms with van der Waals surface area (Å²) in [4.78, 5) is 24.7. The lowest BCUT2D eigenvalue weighted by Gasteiger charge is -2.34. The Morgan fingerprint density at radius 2 is 1.73 bits per heavy atom. The SMILES string of the molecule is CCSC(N)=Nc1ccc2c(c1)CNC1CCCN21.O=C(O)C(F)(F)F.O=C(O)C(F)(F)F. The summed E-state index contributed by atoms with van der Waals surface area (Å²) >= 11 is 1.58. The molecule has 1 unspecified atom stereocenters. The van der Waals surface area contributed by atoms with Crippen LogP contribution >= 0.6 is 11.8 Å². The third-order valence-corrected chi connectivity index (χ3v) is 4.85. The fraction of sp³-hybridized carbons (Fsp3) is 0.500. The van der Waals surface area contributed by atoms with Crippen LogP contribution in [0.25, 0.3) is 0 Å². The van der Waals surface area contributed by atoms with Crippen molar-refractivity contribution in [3.05, 3.63) is 23.8 Å². The molecule has 1 aromatic carbocycles. The molecule has 0 aromatic heterocycles. The third kappa shape index (κ3) is 9.37. The maximum absolute atomic E-state index is 10.6. The monoisotopic (exact) mass is 504 g/mol. The molecule has 8 nitrogen and oxygen atoms in total. The molecular weight excluding hydrogens is 482 g/mol. The number of nitrogens with two attached hydrogens (primary N) is 1. The van der Waals surface area contributed by atoms with Crippen molar-refractivity contribution < 1.29 is 46.1 Å². The fourth-order valence-corrected chi connectivity index (χ4v) is 3.33. The summed E-state index contributed by atoms with van der Waals surface area (Å²) < 4.78 is 63.5. The number of aliphatic carboxylic acids is 2. The van der Waals surface area contributed by atoms with Gasteiger partial charge in [-0.25, -0.2) is 14.6 Å². The predicted molar refractivity (Wildman–Crippen MR) is 110 cm³/mol. The van der Waals surface area contributed by atoms with Crippen LogP contribution in [0.15, 0.2) is 23.2 Å². The number of carbonyl (C=O) groups is 2. The number of hydrogen-bond donors (Lipinski definition) is 4. The van der Waals surface area contributed by atoms with Crippen molar-refractivity contribution >= 4 is 40.2 Å². The molecule has 5 N–H and O–H groups in total. The maximum atomic E-state index is 10.6. The molecule has 0 saturated carbocycles. The molecule has 33 heavy (non-hydrogen) atoms. The molecule has 0 amide bonds. The van der Waals surface area contributed by atoms with Crippen molar-refractivity contribution in [3.8, 4) is 0 Å². The number of nitrogens with zero attached hydrogens (tertiary/aromatic N) is 2. The predicted octanol–water partition coefficient (Wildman–Crippen LogP) is 3.68. The van der Waals surface area contributed by atoms with Gasteiger partial charge in [-0.15, -0.1) is 0 Å². The molecule has 0 bridgehead atoms. The first-order valence-corrected chi connectivity index (χ1v) is 10.4. The minimum absolute atomic E-state index is 0.530. The maximum Gasteiger partial charge on any atom is 0.490 e. The molecule has 0 aliphatic carbocycles. The number of thioether (sulfide) groups is 1. The highest BCUT2D eigenvalue weighted by molar-refractivity contribution is 8.13. The standard InChI is InChI=1S/C14H20N4S.2C2HF3O2/c1-2-19-14(15)17-11-5-6-12-10(8-11)9-16-13-4-3-7-18(12)13;2*3-2(4,5)1(6)7/h5-6,8,13,16H,2-4,7,9H2,1H3,(H2,15,17);2*(H,6,7). The second-order valence-corrected chi connectivity index (χ2v) is 7.82. The van der Waals surface area contributed by atoms with Gasteiger partial charge in [0.15, 0.2) is 5.17 Å². The van der Waals surface area contributed by atoms with Crippen LogP contribution in [0.5, 0.6) is 0 Å². The third-order valence-electron chi connectivity index (χ3n) is 4.17. The van der Waals surface area contributed by atoms with Gasteiger partial charge in [-0.3, -0.25) is 5.32 Å². The van der Waals surface area contributed by atoms with E-state index in [1.807, 2.05) is 0 Å². The number of carboxylic acid groups (broad SMARTS) is 2. The average molecular weight is 504 g/mol. The summed E-state index contributed by atoms with van der Waals surface area (Å²) in [5, 5.41) is 18.5. The Labute approximate surface area is 188 Å². The summed E-state index contributed by atoms with van der Waals surface area (Å²) in [7, 11) is 0. The van der Waals surface area contributed by atoms with Crippen LogP contribution in [-0.2, 0) is 16.1 Å². The zero-order valence-corrected chi connectivity index (χ0v) is 18.0. The van der Waals surface area contributed by atoms with Crippen molar-refractivity contribution in [2.45, 2.75) is 44.8 Å². The highest BCUT2D eigenvalue weighted by atomic mass is 32.2. The normalized spacial score (nSPS) is 17.6. The number of rotatable bonds is 2. The van der Waals surface area contributed by atoms with Gasteiger partial charge >= 0.3 is 24.3 Å². The number of amidine groups is 1. The molecule has 0 radical (unpaired) electrons. The van der Waals surface area contributed by atoms with Crippen LogP contribution < -0.4 is 16.0 Å². The lowest BCUT2D eigenvalue weighted by Crippen LogP contribution is -2.45. The highest BCUT2D eigenvalue weighted by Gasteiger charge is 2.38. The first kappa shape index (κ1) is 28.4. The zero-order chi connectivity index (χ0) is 25.4. The number of alkyl halides is 6. The molecule has 2 heterocycles. The molecule has 1 fully saturated rings. The minimum Gasteiger partial charge on any atom is -0.475 e. The second kappa shape index (κ2) is 12.0. The Morgan fingerprint density at radius 1 is 1.18 bits per heavy atom. The Hall–Kier alpha value is -2.68. The average Bonchev–Trinajstić information content (AvgIpc) is 3.16. The van der Waals surface area contributed by atoms with Gasteiger partial charge in [0.25, 0.3) is 0 Å². The quantitative estimate of drug-likeness (QED) is 0.273. The molecule has 0 spiro atoms. The van der Waals surface area contributed by atoms with Gasteiger partial charge < -0.3 is 20.8 Å². The van der Waals surface area contributed by atoms with E-state index in [4.69, 9.17) is 25.5 Å². The number of nitrogens with one attached hydrogen (secondary N) is 1. The van der Waals surface area contributed by atoms with E-state index >= 15 is 0 Å². The number of aliphatic imine (C=N–C) groups is 1. The Morgan fingerprint density at radius 3 is 2.21 bits per heavy atom. The van der Waals surface area contributed by atoms with Crippen molar-refractivity contribution in [2.24, 2.45) is 10.7 Å². The second-order valence-electron chi connectivity index (χ2n) is 6.53. The van der Waals surface area contributed by atoms with Crippen LogP contribution in [0.4, 0.5) is 37.7 Å². The largest absolute Gasteiger partial charge is 0.490 e. The van der Waals surface area contributed by atoms with Gasteiger partial charge in [0.1, 0.15) is 0 Å². The van der Waals surface area contributed by atoms with Gasteiger partial charge in [-0.1, -0.05) is 18.7 Å². The van der Waals surface area contributed by atoms with Gasteiger partial charge in [0, 0.05) is 18.8 Å². The van der Waals surface area contributed by atoms with Crippen molar-refractivity contribution in [1.29, 1.82) is 0 Å². The van der Waals surface area contributed by atoms with Crippen LogP contribution in [-0.4, -0.2) is 58.1 Å². The van der Waals surface area contributed by atoms with E-state index in [0.29, 0.717) is 11.3 Å². The summed E-state index contributed by atoms with van der Waals surface area (Å²) in [6.45, 7) is 4.17. The molecule has 2 aliphatic heterocycles. The zero-order valence-electron chi connectivity index (χ0n) is 17.2. The van der Waals surface area contributed by atoms with Gasteiger partial charge in [-0.2, -0.15) is 26.3 Å². The van der Waals surface area contributed by atoms with Crippen molar-refractivity contribution in [1.82, 2.24) is 5.32 Å². The number of carboxylic acids is 2. The molecule has 15 heteroatoms. The smallest absolute Gasteiger partial charge is 0.475 e. The molecule has 1 atom stereocenters. The topological polar surface area (TPSA) is 128 Å². The number of hydrogen-bond acceptors (Lipinski definition) is 6. The molecule has 2 aliphatic rings. The number of benzene rings is 1. The lowest BCUT2D eigenvalue weighted by molar-refractivity contribution is -0.193. The Bertz CT molecular complexity index is 839. The Kier molecular flexibility index (Phi) is 10.3. The van der Waals surface area contributed by atoms with Crippen LogP contribution in [0.1, 0.15) is 25.3 Å². The van der Waals surface area contributed by atoms with Gasteiger partial charge in [0.05, 0.1) is 11.9 Å². The summed E-state index contributed by atoms with van der Waals surface area (Å²) in [6, 6.07) is 6.42. The molecule has 1 aromatic rings. The van der Waals surface area contributed by atoms with Crippen LogP contribution in [0.3, 0.4) is 0 Å². The number of halogens is 6. The molecule has 1 saturated heterocycles. The Balaban J connectivity index is 0.000000324. The van der Waals surface area contributed by atoms with E-state index in [-0.39, 0.29) is 0 Å². The molecular formula is C18H22F6N4O4S. The van der Waals surface area contributed by atoms with Gasteiger partial charge in [0.2, 0.25) is 0 Å². The van der Waals surface area contributed by atoms with E-state index in [0.717, 1.165) is 24.5 Å². The summed E-state index contributed by atoms with van der Waals surface area (Å²) in [5.74, 6) is -4.56. The van der Waals surface area contributed by atoms with Crippen molar-refractivity contribution in [2.75, 3.05) is 17.2 Å². The van der Waals surface area contributed by atoms with Crippen LogP contribution in [0.2, 0.25) is 0 Å². The van der Waals surface area contributed by atoms with E-state index in [2.05, 4.69) is 40.3 Å². The van der Waals surface area contributed by atoms with Crippen LogP contribution in [0, 0.1) is 0 Å². The number of fused-ring (bicyclic) bond motifs is 3. The fourth-order valence-electron chi connectivity index (χ4n) is 2.87. The van der Waals surface area contributed by atoms with Crippen molar-refractivity contribution in [3.63, 3.8) is 0 Å². The first-order valence-electron chi connectivity index (χ1n) is 9.37. The summed E-state index contributed by atoms with van der Waals surface area (Å²) in [5.41, 5.74) is 9.51. The number of anilines is 1. The van der Waals surface area contributed by atoms with E-state index in [1.54, 1.807) is 11.8 Å². The minimum atomic E-state index is -5.08. The summed E-state index contributed by atoms with van der Waals surface area (Å²) in [6.07, 6.45) is -7.11. The van der Waals surface area contributed by atoms with E-state index < -0.39 is 24.3 Å². The highest BCUT2D eigenvalue weighted by Crippen LogP contribution is 2.34. The molecule has 3 rings (SSSR count). The van der Waals surface area contributed by atoms with E-state index in [9.17, 15) is 26.3 Å². The van der Waals surface area contributed by atoms with E-state index in [1.165, 1.54) is 24.1 Å². The van der Waals surface area contributed by atoms with Gasteiger partial charge in [-0.05, 0) is 42.4 Å².